The van der Waals surface area contributed by atoms with Crippen LogP contribution in [0.4, 0.5) is 0 Å². The standard InChI is InChI=1S/C28H38N4O4/c1-6-23(28(34)36-17-18(2)3)29-14-20-9-10-24-25(13-20)32(16-22-8-7-11-35-22)26(30-24)21-12-19(4)27(33)31(5)15-21/h9-10,12-13,15,18,22-23,29H,6-8,11,14,16-17H2,1-5H3/t22?,23-/m0/s1. The van der Waals surface area contributed by atoms with E-state index in [4.69, 9.17) is 14.5 Å². The van der Waals surface area contributed by atoms with Gasteiger partial charge in [0.15, 0.2) is 0 Å². The number of hydrogen-bond donors (Lipinski definition) is 1. The van der Waals surface area contributed by atoms with Gasteiger partial charge in [-0.15, -0.1) is 0 Å². The van der Waals surface area contributed by atoms with E-state index in [2.05, 4.69) is 16.0 Å². The molecule has 1 aliphatic rings. The molecule has 0 radical (unpaired) electrons. The number of nitrogens with one attached hydrogen (secondary N) is 1. The molecule has 1 aliphatic heterocycles. The van der Waals surface area contributed by atoms with Crippen molar-refractivity contribution in [3.05, 3.63) is 51.9 Å². The Hall–Kier alpha value is -2.97. The zero-order valence-corrected chi connectivity index (χ0v) is 22.0. The fourth-order valence-electron chi connectivity index (χ4n) is 4.66. The lowest BCUT2D eigenvalue weighted by molar-refractivity contribution is -0.147. The Kier molecular flexibility index (Phi) is 8.26. The predicted octanol–water partition coefficient (Wildman–Crippen LogP) is 3.96. The van der Waals surface area contributed by atoms with E-state index in [-0.39, 0.29) is 23.7 Å². The zero-order valence-electron chi connectivity index (χ0n) is 22.0. The molecule has 2 aromatic heterocycles. The molecule has 0 bridgehead atoms. The van der Waals surface area contributed by atoms with Gasteiger partial charge < -0.3 is 23.9 Å². The van der Waals surface area contributed by atoms with Gasteiger partial charge in [-0.2, -0.15) is 0 Å². The lowest BCUT2D eigenvalue weighted by Gasteiger charge is -2.17. The van der Waals surface area contributed by atoms with Crippen molar-refractivity contribution in [2.45, 2.75) is 72.2 Å². The van der Waals surface area contributed by atoms with Crippen molar-refractivity contribution in [3.8, 4) is 11.4 Å². The van der Waals surface area contributed by atoms with Crippen LogP contribution in [-0.2, 0) is 34.4 Å². The molecule has 0 saturated carbocycles. The Morgan fingerprint density at radius 1 is 1.31 bits per heavy atom. The van der Waals surface area contributed by atoms with Crippen LogP contribution < -0.4 is 10.9 Å². The minimum absolute atomic E-state index is 0.00806. The topological polar surface area (TPSA) is 87.4 Å². The van der Waals surface area contributed by atoms with Crippen LogP contribution in [0.5, 0.6) is 0 Å². The van der Waals surface area contributed by atoms with Crippen molar-refractivity contribution in [1.82, 2.24) is 19.4 Å². The number of aromatic nitrogens is 3. The van der Waals surface area contributed by atoms with Crippen molar-refractivity contribution in [2.75, 3.05) is 13.2 Å². The van der Waals surface area contributed by atoms with Gasteiger partial charge in [0.2, 0.25) is 0 Å². The van der Waals surface area contributed by atoms with E-state index in [9.17, 15) is 9.59 Å². The Morgan fingerprint density at radius 3 is 2.78 bits per heavy atom. The van der Waals surface area contributed by atoms with Crippen molar-refractivity contribution in [3.63, 3.8) is 0 Å². The van der Waals surface area contributed by atoms with E-state index in [1.54, 1.807) is 11.6 Å². The van der Waals surface area contributed by atoms with Gasteiger partial charge in [0, 0.05) is 37.5 Å². The number of benzene rings is 1. The lowest BCUT2D eigenvalue weighted by Crippen LogP contribution is -2.37. The molecule has 8 heteroatoms. The van der Waals surface area contributed by atoms with Crippen molar-refractivity contribution < 1.29 is 14.3 Å². The van der Waals surface area contributed by atoms with E-state index < -0.39 is 0 Å². The van der Waals surface area contributed by atoms with E-state index in [0.29, 0.717) is 37.6 Å². The molecule has 1 unspecified atom stereocenters. The maximum atomic E-state index is 12.5. The van der Waals surface area contributed by atoms with E-state index >= 15 is 0 Å². The molecule has 1 aromatic carbocycles. The number of pyridine rings is 1. The molecule has 2 atom stereocenters. The van der Waals surface area contributed by atoms with Crippen LogP contribution in [0.15, 0.2) is 35.3 Å². The molecule has 1 saturated heterocycles. The highest BCUT2D eigenvalue weighted by Crippen LogP contribution is 2.28. The summed E-state index contributed by atoms with van der Waals surface area (Å²) in [7, 11) is 1.77. The third kappa shape index (κ3) is 5.87. The summed E-state index contributed by atoms with van der Waals surface area (Å²) in [6.07, 6.45) is 4.72. The lowest BCUT2D eigenvalue weighted by atomic mass is 10.1. The van der Waals surface area contributed by atoms with Gasteiger partial charge in [0.05, 0.1) is 30.3 Å². The smallest absolute Gasteiger partial charge is 0.323 e. The summed E-state index contributed by atoms with van der Waals surface area (Å²) in [4.78, 5) is 29.7. The maximum Gasteiger partial charge on any atom is 0.323 e. The Morgan fingerprint density at radius 2 is 2.11 bits per heavy atom. The second-order valence-corrected chi connectivity index (χ2v) is 10.2. The number of ether oxygens (including phenoxy) is 2. The number of aryl methyl sites for hydroxylation is 2. The van der Waals surface area contributed by atoms with Crippen molar-refractivity contribution >= 4 is 17.0 Å². The Labute approximate surface area is 212 Å². The van der Waals surface area contributed by atoms with Crippen LogP contribution in [-0.4, -0.2) is 45.4 Å². The number of carbonyl (C=O) groups excluding carboxylic acids is 1. The summed E-state index contributed by atoms with van der Waals surface area (Å²) < 4.78 is 15.2. The molecule has 0 aliphatic carbocycles. The van der Waals surface area contributed by atoms with Crippen molar-refractivity contribution in [2.24, 2.45) is 13.0 Å². The minimum atomic E-state index is -0.347. The molecule has 1 fully saturated rings. The fourth-order valence-corrected chi connectivity index (χ4v) is 4.66. The normalized spacial score (nSPS) is 16.7. The SMILES string of the molecule is CC[C@H](NCc1ccc2nc(-c3cc(C)c(=O)n(C)c3)n(CC3CCCO3)c2c1)C(=O)OCC(C)C. The van der Waals surface area contributed by atoms with Gasteiger partial charge in [-0.3, -0.25) is 9.59 Å². The van der Waals surface area contributed by atoms with Crippen molar-refractivity contribution in [1.29, 1.82) is 0 Å². The summed E-state index contributed by atoms with van der Waals surface area (Å²) in [5.74, 6) is 0.930. The van der Waals surface area contributed by atoms with Crippen LogP contribution in [0.3, 0.4) is 0 Å². The second-order valence-electron chi connectivity index (χ2n) is 10.2. The molecule has 4 rings (SSSR count). The first-order chi connectivity index (χ1) is 17.3. The molecule has 3 heterocycles. The third-order valence-electron chi connectivity index (χ3n) is 6.65. The van der Waals surface area contributed by atoms with Crippen LogP contribution in [0.1, 0.15) is 51.2 Å². The van der Waals surface area contributed by atoms with Gasteiger partial charge in [-0.1, -0.05) is 26.8 Å². The van der Waals surface area contributed by atoms with Gasteiger partial charge in [-0.05, 0) is 55.9 Å². The van der Waals surface area contributed by atoms with Gasteiger partial charge in [-0.25, -0.2) is 4.98 Å². The Bertz CT molecular complexity index is 1240. The quantitative estimate of drug-likeness (QED) is 0.430. The number of fused-ring (bicyclic) bond motifs is 1. The van der Waals surface area contributed by atoms with Crippen LogP contribution in [0.25, 0.3) is 22.4 Å². The van der Waals surface area contributed by atoms with E-state index in [1.165, 1.54) is 0 Å². The molecule has 36 heavy (non-hydrogen) atoms. The zero-order chi connectivity index (χ0) is 25.8. The van der Waals surface area contributed by atoms with E-state index in [1.807, 2.05) is 52.1 Å². The highest BCUT2D eigenvalue weighted by molar-refractivity contribution is 5.81. The predicted molar refractivity (Wildman–Crippen MR) is 141 cm³/mol. The van der Waals surface area contributed by atoms with Gasteiger partial charge in [0.1, 0.15) is 11.9 Å². The molecule has 1 N–H and O–H groups in total. The largest absolute Gasteiger partial charge is 0.464 e. The molecule has 0 spiro atoms. The molecule has 3 aromatic rings. The van der Waals surface area contributed by atoms with E-state index in [0.717, 1.165) is 47.4 Å². The van der Waals surface area contributed by atoms with Crippen LogP contribution in [0, 0.1) is 12.8 Å². The van der Waals surface area contributed by atoms with Crippen LogP contribution in [0.2, 0.25) is 0 Å². The first-order valence-electron chi connectivity index (χ1n) is 12.9. The number of rotatable bonds is 10. The third-order valence-corrected chi connectivity index (χ3v) is 6.65. The summed E-state index contributed by atoms with van der Waals surface area (Å²) in [6, 6.07) is 7.76. The summed E-state index contributed by atoms with van der Waals surface area (Å²) in [5.41, 5.74) is 4.55. The van der Waals surface area contributed by atoms with Crippen LogP contribution >= 0.6 is 0 Å². The number of carbonyl (C=O) groups is 1. The second kappa shape index (κ2) is 11.4. The average molecular weight is 495 g/mol. The maximum absolute atomic E-state index is 12.5. The molecule has 0 amide bonds. The first-order valence-corrected chi connectivity index (χ1v) is 12.9. The van der Waals surface area contributed by atoms with Gasteiger partial charge >= 0.3 is 5.97 Å². The Balaban J connectivity index is 1.64. The first kappa shape index (κ1) is 26.1. The number of esters is 1. The highest BCUT2D eigenvalue weighted by Gasteiger charge is 2.22. The van der Waals surface area contributed by atoms with Gasteiger partial charge in [0.25, 0.3) is 5.56 Å². The molecular weight excluding hydrogens is 456 g/mol. The average Bonchev–Trinajstić information content (AvgIpc) is 3.49. The minimum Gasteiger partial charge on any atom is -0.464 e. The summed E-state index contributed by atoms with van der Waals surface area (Å²) in [5, 5.41) is 3.36. The molecule has 8 nitrogen and oxygen atoms in total. The molecular formula is C28H38N4O4. The number of nitrogens with zero attached hydrogens (tertiary/aromatic N) is 3. The number of imidazole rings is 1. The number of hydrogen-bond acceptors (Lipinski definition) is 6. The highest BCUT2D eigenvalue weighted by atomic mass is 16.5. The molecule has 194 valence electrons. The summed E-state index contributed by atoms with van der Waals surface area (Å²) >= 11 is 0. The summed E-state index contributed by atoms with van der Waals surface area (Å²) in [6.45, 7) is 10.3. The monoisotopic (exact) mass is 494 g/mol. The fraction of sp³-hybridized carbons (Fsp3) is 0.536.